The zero-order valence-corrected chi connectivity index (χ0v) is 28.9. The number of para-hydroxylation sites is 3. The van der Waals surface area contributed by atoms with Gasteiger partial charge in [-0.3, -0.25) is 0 Å². The number of fused-ring (bicyclic) bond motifs is 6. The molecular weight excluding hydrogens is 633 g/mol. The highest BCUT2D eigenvalue weighted by atomic mass is 16.3. The van der Waals surface area contributed by atoms with E-state index in [1.165, 1.54) is 38.7 Å². The maximum absolute atomic E-state index is 6.50. The Kier molecular flexibility index (Phi) is 7.17. The van der Waals surface area contributed by atoms with Gasteiger partial charge < -0.3 is 13.9 Å². The number of furan rings is 1. The van der Waals surface area contributed by atoms with Crippen molar-refractivity contribution in [2.45, 2.75) is 13.3 Å². The van der Waals surface area contributed by atoms with Crippen LogP contribution in [0.5, 0.6) is 0 Å². The number of rotatable bonds is 6. The summed E-state index contributed by atoms with van der Waals surface area (Å²) in [5, 5.41) is 4.71. The largest absolute Gasteiger partial charge is 0.454 e. The van der Waals surface area contributed by atoms with Crippen molar-refractivity contribution in [2.24, 2.45) is 5.92 Å². The van der Waals surface area contributed by atoms with Crippen molar-refractivity contribution in [1.29, 1.82) is 0 Å². The van der Waals surface area contributed by atoms with E-state index >= 15 is 0 Å². The summed E-state index contributed by atoms with van der Waals surface area (Å²) in [4.78, 5) is 2.37. The van der Waals surface area contributed by atoms with Crippen molar-refractivity contribution in [1.82, 2.24) is 4.57 Å². The third-order valence-electron chi connectivity index (χ3n) is 10.5. The lowest BCUT2D eigenvalue weighted by Gasteiger charge is -2.29. The number of hydrogen-bond acceptors (Lipinski definition) is 2. The fourth-order valence-electron chi connectivity index (χ4n) is 7.89. The normalized spacial score (nSPS) is 14.4. The summed E-state index contributed by atoms with van der Waals surface area (Å²) < 4.78 is 8.86. The van der Waals surface area contributed by atoms with E-state index in [1.807, 2.05) is 12.1 Å². The van der Waals surface area contributed by atoms with Gasteiger partial charge in [0.05, 0.1) is 16.7 Å². The minimum Gasteiger partial charge on any atom is -0.454 e. The first-order valence-corrected chi connectivity index (χ1v) is 18.1. The first-order valence-electron chi connectivity index (χ1n) is 18.1. The minimum absolute atomic E-state index is 0.543. The third kappa shape index (κ3) is 5.05. The molecule has 1 aliphatic rings. The smallest absolute Gasteiger partial charge is 0.159 e. The molecule has 0 aliphatic heterocycles. The summed E-state index contributed by atoms with van der Waals surface area (Å²) in [5.41, 5.74) is 13.5. The summed E-state index contributed by atoms with van der Waals surface area (Å²) in [5.74, 6) is 0.543. The predicted molar refractivity (Wildman–Crippen MR) is 219 cm³/mol. The van der Waals surface area contributed by atoms with Crippen LogP contribution >= 0.6 is 0 Å². The van der Waals surface area contributed by atoms with Crippen molar-refractivity contribution in [2.75, 3.05) is 4.90 Å². The summed E-state index contributed by atoms with van der Waals surface area (Å²) >= 11 is 0. The average molecular weight is 669 g/mol. The Morgan fingerprint density at radius 2 is 1.15 bits per heavy atom. The molecule has 0 saturated heterocycles. The number of anilines is 2. The van der Waals surface area contributed by atoms with Crippen LogP contribution in [0.3, 0.4) is 0 Å². The van der Waals surface area contributed by atoms with Crippen LogP contribution in [0.25, 0.3) is 71.7 Å². The second kappa shape index (κ2) is 12.3. The van der Waals surface area contributed by atoms with Gasteiger partial charge in [-0.25, -0.2) is 0 Å². The summed E-state index contributed by atoms with van der Waals surface area (Å²) in [6, 6.07) is 58.8. The molecule has 248 valence electrons. The molecule has 1 atom stereocenters. The van der Waals surface area contributed by atoms with Crippen molar-refractivity contribution < 1.29 is 4.42 Å². The second-order valence-corrected chi connectivity index (χ2v) is 13.8. The topological polar surface area (TPSA) is 21.3 Å². The van der Waals surface area contributed by atoms with E-state index in [-0.39, 0.29) is 0 Å². The first kappa shape index (κ1) is 30.3. The Hall–Kier alpha value is -6.58. The minimum atomic E-state index is 0.543. The summed E-state index contributed by atoms with van der Waals surface area (Å²) in [6.07, 6.45) is 7.97. The Morgan fingerprint density at radius 3 is 1.90 bits per heavy atom. The lowest BCUT2D eigenvalue weighted by molar-refractivity contribution is 0.666. The summed E-state index contributed by atoms with van der Waals surface area (Å²) in [7, 11) is 0. The molecule has 3 nitrogen and oxygen atoms in total. The van der Waals surface area contributed by atoms with Crippen LogP contribution in [0.4, 0.5) is 11.4 Å². The van der Waals surface area contributed by atoms with Gasteiger partial charge in [0, 0.05) is 38.6 Å². The standard InChI is InChI=1S/C49H36N2O/c1-33-18-25-38(26-19-33)50(39-27-20-35(21-28-39)34-10-3-2-4-11-34)40-29-22-36(23-30-40)37-24-31-46-44(32-37)41-12-5-7-15-45(41)51(46)47-16-9-14-43-42-13-6-8-17-48(42)52-49(43)47/h2-18,20-33H,19H2,1H3. The van der Waals surface area contributed by atoms with Crippen molar-refractivity contribution in [3.63, 3.8) is 0 Å². The van der Waals surface area contributed by atoms with E-state index in [4.69, 9.17) is 4.42 Å². The van der Waals surface area contributed by atoms with Gasteiger partial charge in [-0.1, -0.05) is 128 Å². The monoisotopic (exact) mass is 668 g/mol. The highest BCUT2D eigenvalue weighted by Gasteiger charge is 2.19. The van der Waals surface area contributed by atoms with Gasteiger partial charge in [0.15, 0.2) is 5.58 Å². The van der Waals surface area contributed by atoms with Gasteiger partial charge in [-0.05, 0) is 95.3 Å². The maximum atomic E-state index is 6.50. The lowest BCUT2D eigenvalue weighted by Crippen LogP contribution is -2.17. The molecule has 0 radical (unpaired) electrons. The zero-order chi connectivity index (χ0) is 34.6. The van der Waals surface area contributed by atoms with Crippen LogP contribution in [-0.2, 0) is 0 Å². The molecule has 0 amide bonds. The molecule has 3 heteroatoms. The number of benzene rings is 7. The quantitative estimate of drug-likeness (QED) is 0.176. The van der Waals surface area contributed by atoms with Gasteiger partial charge >= 0.3 is 0 Å². The fraction of sp³-hybridized carbons (Fsp3) is 0.0612. The molecular formula is C49H36N2O. The van der Waals surface area contributed by atoms with Gasteiger partial charge in [0.1, 0.15) is 5.58 Å². The van der Waals surface area contributed by atoms with E-state index in [9.17, 15) is 0 Å². The molecule has 2 aromatic heterocycles. The molecule has 0 fully saturated rings. The lowest BCUT2D eigenvalue weighted by atomic mass is 9.99. The average Bonchev–Trinajstić information content (AvgIpc) is 3.75. The number of aromatic nitrogens is 1. The van der Waals surface area contributed by atoms with Crippen LogP contribution in [0.15, 0.2) is 192 Å². The maximum Gasteiger partial charge on any atom is 0.159 e. The van der Waals surface area contributed by atoms with E-state index in [0.717, 1.165) is 56.5 Å². The SMILES string of the molecule is CC1C=CC(N(c2ccc(-c3ccccc3)cc2)c2ccc(-c3ccc4c(c3)c3ccccc3n4-c3cccc4c3oc3ccccc34)cc2)=CC1. The third-order valence-corrected chi connectivity index (χ3v) is 10.5. The second-order valence-electron chi connectivity index (χ2n) is 13.8. The number of allylic oxidation sites excluding steroid dienone is 3. The van der Waals surface area contributed by atoms with Gasteiger partial charge in [-0.15, -0.1) is 0 Å². The van der Waals surface area contributed by atoms with Crippen LogP contribution < -0.4 is 4.90 Å². The molecule has 52 heavy (non-hydrogen) atoms. The van der Waals surface area contributed by atoms with E-state index in [1.54, 1.807) is 0 Å². The van der Waals surface area contributed by atoms with Crippen molar-refractivity contribution in [3.8, 4) is 27.9 Å². The molecule has 1 aliphatic carbocycles. The molecule has 1 unspecified atom stereocenters. The Labute approximate surface area is 303 Å². The molecule has 0 saturated carbocycles. The Balaban J connectivity index is 1.05. The summed E-state index contributed by atoms with van der Waals surface area (Å²) in [6.45, 7) is 2.27. The molecule has 0 bridgehead atoms. The highest BCUT2D eigenvalue weighted by Crippen LogP contribution is 2.40. The van der Waals surface area contributed by atoms with Crippen molar-refractivity contribution >= 4 is 55.1 Å². The van der Waals surface area contributed by atoms with E-state index in [2.05, 4.69) is 186 Å². The zero-order valence-electron chi connectivity index (χ0n) is 28.9. The molecule has 10 rings (SSSR count). The molecule has 0 spiro atoms. The molecule has 2 heterocycles. The Bertz CT molecular complexity index is 2820. The van der Waals surface area contributed by atoms with Gasteiger partial charge in [0.2, 0.25) is 0 Å². The number of hydrogen-bond donors (Lipinski definition) is 0. The van der Waals surface area contributed by atoms with Crippen LogP contribution in [0, 0.1) is 5.92 Å². The number of nitrogens with zero attached hydrogens (tertiary/aromatic N) is 2. The van der Waals surface area contributed by atoms with Crippen LogP contribution in [0.1, 0.15) is 13.3 Å². The molecule has 0 N–H and O–H groups in total. The predicted octanol–water partition coefficient (Wildman–Crippen LogP) is 13.6. The van der Waals surface area contributed by atoms with Crippen LogP contribution in [0.2, 0.25) is 0 Å². The van der Waals surface area contributed by atoms with Gasteiger partial charge in [-0.2, -0.15) is 0 Å². The first-order chi connectivity index (χ1) is 25.7. The van der Waals surface area contributed by atoms with E-state index < -0.39 is 0 Å². The van der Waals surface area contributed by atoms with Crippen molar-refractivity contribution in [3.05, 3.63) is 188 Å². The van der Waals surface area contributed by atoms with E-state index in [0.29, 0.717) is 5.92 Å². The van der Waals surface area contributed by atoms with Crippen LogP contribution in [-0.4, -0.2) is 4.57 Å². The highest BCUT2D eigenvalue weighted by molar-refractivity contribution is 6.13. The molecule has 9 aromatic rings. The fourth-order valence-corrected chi connectivity index (χ4v) is 7.89. The Morgan fingerprint density at radius 1 is 0.538 bits per heavy atom. The molecule has 7 aromatic carbocycles. The van der Waals surface area contributed by atoms with Gasteiger partial charge in [0.25, 0.3) is 0 Å².